The molecule has 2 aliphatic heterocycles. The molecule has 0 radical (unpaired) electrons. The second kappa shape index (κ2) is 8.35. The Balaban J connectivity index is 1.54. The van der Waals surface area contributed by atoms with Crippen LogP contribution in [0.25, 0.3) is 6.08 Å². The molecule has 2 aromatic rings. The molecule has 1 N–H and O–H groups in total. The summed E-state index contributed by atoms with van der Waals surface area (Å²) in [7, 11) is 0. The van der Waals surface area contributed by atoms with Gasteiger partial charge in [0, 0.05) is 5.69 Å². The maximum atomic E-state index is 12.8. The molecule has 0 unspecified atom stereocenters. The lowest BCUT2D eigenvalue weighted by molar-refractivity contribution is -0.385. The predicted octanol–water partition coefficient (Wildman–Crippen LogP) is 3.62. The summed E-state index contributed by atoms with van der Waals surface area (Å²) < 4.78 is 10.4. The molecule has 2 aliphatic rings. The Labute approximate surface area is 186 Å². The Morgan fingerprint density at radius 1 is 1.25 bits per heavy atom. The zero-order valence-corrected chi connectivity index (χ0v) is 17.9. The van der Waals surface area contributed by atoms with Gasteiger partial charge in [-0.3, -0.25) is 29.4 Å². The van der Waals surface area contributed by atoms with Crippen LogP contribution in [-0.2, 0) is 9.59 Å². The normalized spacial score (nSPS) is 16.1. The summed E-state index contributed by atoms with van der Waals surface area (Å²) >= 11 is 0.608. The number of thioether (sulfide) groups is 1. The van der Waals surface area contributed by atoms with Crippen molar-refractivity contribution in [2.75, 3.05) is 18.7 Å². The van der Waals surface area contributed by atoms with Gasteiger partial charge in [-0.15, -0.1) is 0 Å². The van der Waals surface area contributed by atoms with Crippen molar-refractivity contribution in [2.24, 2.45) is 0 Å². The Morgan fingerprint density at radius 3 is 2.69 bits per heavy atom. The minimum absolute atomic E-state index is 0.0310. The monoisotopic (exact) mass is 455 g/mol. The Bertz CT molecular complexity index is 1210. The van der Waals surface area contributed by atoms with Gasteiger partial charge in [0.1, 0.15) is 6.54 Å². The summed E-state index contributed by atoms with van der Waals surface area (Å²) in [4.78, 5) is 49.2. The van der Waals surface area contributed by atoms with Crippen LogP contribution in [0.2, 0.25) is 0 Å². The molecule has 10 nitrogen and oxygen atoms in total. The number of nitrogens with one attached hydrogen (secondary N) is 1. The lowest BCUT2D eigenvalue weighted by Gasteiger charge is -2.14. The maximum Gasteiger partial charge on any atom is 0.294 e. The number of imide groups is 1. The van der Waals surface area contributed by atoms with Crippen LogP contribution in [0, 0.1) is 24.0 Å². The summed E-state index contributed by atoms with van der Waals surface area (Å²) in [6, 6.07) is 8.00. The molecule has 0 spiro atoms. The molecule has 0 aromatic heterocycles. The highest BCUT2D eigenvalue weighted by Crippen LogP contribution is 2.40. The number of hydrogen-bond acceptors (Lipinski definition) is 8. The summed E-state index contributed by atoms with van der Waals surface area (Å²) in [6.07, 6.45) is 1.24. The second-order valence-corrected chi connectivity index (χ2v) is 8.08. The van der Waals surface area contributed by atoms with Gasteiger partial charge < -0.3 is 14.8 Å². The first-order valence-corrected chi connectivity index (χ1v) is 10.3. The van der Waals surface area contributed by atoms with Crippen LogP contribution in [0.15, 0.2) is 35.2 Å². The van der Waals surface area contributed by atoms with Crippen LogP contribution < -0.4 is 14.8 Å². The Kier molecular flexibility index (Phi) is 5.57. The van der Waals surface area contributed by atoms with Gasteiger partial charge in [0.25, 0.3) is 16.8 Å². The van der Waals surface area contributed by atoms with Crippen molar-refractivity contribution in [1.29, 1.82) is 0 Å². The van der Waals surface area contributed by atoms with E-state index in [2.05, 4.69) is 5.32 Å². The first-order chi connectivity index (χ1) is 15.2. The molecule has 32 heavy (non-hydrogen) atoms. The van der Waals surface area contributed by atoms with Gasteiger partial charge in [-0.2, -0.15) is 0 Å². The predicted molar refractivity (Wildman–Crippen MR) is 116 cm³/mol. The minimum Gasteiger partial charge on any atom is -0.454 e. The number of rotatable bonds is 5. The molecule has 0 bridgehead atoms. The van der Waals surface area contributed by atoms with E-state index in [4.69, 9.17) is 9.47 Å². The highest BCUT2D eigenvalue weighted by molar-refractivity contribution is 8.18. The van der Waals surface area contributed by atoms with E-state index in [-0.39, 0.29) is 28.7 Å². The van der Waals surface area contributed by atoms with Crippen molar-refractivity contribution >= 4 is 46.3 Å². The number of benzene rings is 2. The molecule has 4 rings (SSSR count). The van der Waals surface area contributed by atoms with Gasteiger partial charge in [-0.1, -0.05) is 12.1 Å². The number of nitrogens with zero attached hydrogens (tertiary/aromatic N) is 2. The van der Waals surface area contributed by atoms with Gasteiger partial charge >= 0.3 is 0 Å². The van der Waals surface area contributed by atoms with E-state index in [0.717, 1.165) is 16.0 Å². The highest BCUT2D eigenvalue weighted by atomic mass is 32.2. The molecule has 1 fully saturated rings. The van der Waals surface area contributed by atoms with E-state index in [0.29, 0.717) is 23.2 Å². The first kappa shape index (κ1) is 21.4. The van der Waals surface area contributed by atoms with Crippen LogP contribution in [-0.4, -0.2) is 40.2 Å². The number of nitro groups is 1. The van der Waals surface area contributed by atoms with E-state index >= 15 is 0 Å². The van der Waals surface area contributed by atoms with Gasteiger partial charge in [0.2, 0.25) is 12.7 Å². The Hall–Kier alpha value is -3.86. The maximum absolute atomic E-state index is 12.8. The summed E-state index contributed by atoms with van der Waals surface area (Å²) in [5, 5.41) is 13.5. The van der Waals surface area contributed by atoms with Crippen LogP contribution in [0.5, 0.6) is 11.5 Å². The minimum atomic E-state index is -0.705. The number of hydrogen-bond donors (Lipinski definition) is 1. The summed E-state index contributed by atoms with van der Waals surface area (Å²) in [5.41, 5.74) is 2.25. The largest absolute Gasteiger partial charge is 0.454 e. The van der Waals surface area contributed by atoms with Crippen LogP contribution in [0.3, 0.4) is 0 Å². The number of carbonyl (C=O) groups is 3. The fourth-order valence-electron chi connectivity index (χ4n) is 3.22. The topological polar surface area (TPSA) is 128 Å². The van der Waals surface area contributed by atoms with Crippen molar-refractivity contribution in [3.8, 4) is 11.5 Å². The van der Waals surface area contributed by atoms with Crippen molar-refractivity contribution in [3.63, 3.8) is 0 Å². The van der Waals surface area contributed by atoms with Gasteiger partial charge in [0.05, 0.1) is 21.5 Å². The molecule has 2 aromatic carbocycles. The molecule has 1 saturated heterocycles. The lowest BCUT2D eigenvalue weighted by atomic mass is 10.1. The third-order valence-electron chi connectivity index (χ3n) is 5.06. The number of aryl methyl sites for hydroxylation is 1. The second-order valence-electron chi connectivity index (χ2n) is 7.08. The van der Waals surface area contributed by atoms with Crippen LogP contribution in [0.4, 0.5) is 16.2 Å². The molecule has 164 valence electrons. The summed E-state index contributed by atoms with van der Waals surface area (Å²) in [5.74, 6) is -0.710. The van der Waals surface area contributed by atoms with Crippen LogP contribution >= 0.6 is 11.8 Å². The molecule has 0 atom stereocenters. The molecule has 3 amide bonds. The van der Waals surface area contributed by atoms with Gasteiger partial charge in [0.15, 0.2) is 11.5 Å². The molecule has 11 heteroatoms. The SMILES string of the molecule is Cc1cccc(NC(=O)CN2C(=O)S/C(=C\c3cc4c(cc3[N+](=O)[O-])OCO4)C2=O)c1C. The van der Waals surface area contributed by atoms with E-state index in [9.17, 15) is 24.5 Å². The zero-order chi connectivity index (χ0) is 23.0. The number of nitro benzene ring substituents is 1. The van der Waals surface area contributed by atoms with E-state index < -0.39 is 28.5 Å². The van der Waals surface area contributed by atoms with Gasteiger partial charge in [-0.05, 0) is 54.9 Å². The fraction of sp³-hybridized carbons (Fsp3) is 0.190. The molecule has 0 saturated carbocycles. The highest BCUT2D eigenvalue weighted by Gasteiger charge is 2.37. The Morgan fingerprint density at radius 2 is 1.97 bits per heavy atom. The third-order valence-corrected chi connectivity index (χ3v) is 5.97. The van der Waals surface area contributed by atoms with Crippen LogP contribution in [0.1, 0.15) is 16.7 Å². The lowest BCUT2D eigenvalue weighted by Crippen LogP contribution is -2.36. The standard InChI is InChI=1S/C21H17N3O7S/c1-11-4-3-5-14(12(11)2)22-19(25)9-23-20(26)18(32-21(23)27)7-13-6-16-17(31-10-30-16)8-15(13)24(28)29/h3-8H,9-10H2,1-2H3,(H,22,25)/b18-7-. The number of ether oxygens (including phenoxy) is 2. The molecular formula is C21H17N3O7S. The van der Waals surface area contributed by atoms with E-state index in [1.54, 1.807) is 12.1 Å². The fourth-order valence-corrected chi connectivity index (χ4v) is 4.05. The number of carbonyl (C=O) groups excluding carboxylic acids is 3. The summed E-state index contributed by atoms with van der Waals surface area (Å²) in [6.45, 7) is 3.22. The van der Waals surface area contributed by atoms with E-state index in [1.165, 1.54) is 18.2 Å². The number of fused-ring (bicyclic) bond motifs is 1. The van der Waals surface area contributed by atoms with Crippen molar-refractivity contribution in [2.45, 2.75) is 13.8 Å². The molecular weight excluding hydrogens is 438 g/mol. The first-order valence-electron chi connectivity index (χ1n) is 9.44. The number of anilines is 1. The van der Waals surface area contributed by atoms with Crippen molar-refractivity contribution in [1.82, 2.24) is 4.90 Å². The smallest absolute Gasteiger partial charge is 0.294 e. The molecule has 0 aliphatic carbocycles. The quantitative estimate of drug-likeness (QED) is 0.411. The number of amides is 3. The van der Waals surface area contributed by atoms with Gasteiger partial charge in [-0.25, -0.2) is 0 Å². The average Bonchev–Trinajstić information content (AvgIpc) is 3.30. The molecule has 2 heterocycles. The van der Waals surface area contributed by atoms with E-state index in [1.807, 2.05) is 19.9 Å². The van der Waals surface area contributed by atoms with Crippen molar-refractivity contribution < 1.29 is 28.8 Å². The zero-order valence-electron chi connectivity index (χ0n) is 17.0. The average molecular weight is 455 g/mol. The van der Waals surface area contributed by atoms with Crippen molar-refractivity contribution in [3.05, 3.63) is 62.0 Å². The third kappa shape index (κ3) is 4.02.